The van der Waals surface area contributed by atoms with Gasteiger partial charge in [0.15, 0.2) is 0 Å². The van der Waals surface area contributed by atoms with Gasteiger partial charge in [0.25, 0.3) is 11.5 Å². The van der Waals surface area contributed by atoms with Gasteiger partial charge in [0.1, 0.15) is 11.4 Å². The summed E-state index contributed by atoms with van der Waals surface area (Å²) in [5, 5.41) is 16.7. The van der Waals surface area contributed by atoms with Crippen molar-refractivity contribution in [2.75, 3.05) is 6.54 Å². The molecule has 0 unspecified atom stereocenters. The molecule has 0 aliphatic heterocycles. The van der Waals surface area contributed by atoms with E-state index in [2.05, 4.69) is 10.4 Å². The molecule has 28 heavy (non-hydrogen) atoms. The topological polar surface area (TPSA) is 84.2 Å². The largest absolute Gasteiger partial charge is 0.392 e. The van der Waals surface area contributed by atoms with Crippen LogP contribution >= 0.6 is 11.6 Å². The van der Waals surface area contributed by atoms with Crippen molar-refractivity contribution >= 4 is 17.5 Å². The molecule has 0 aliphatic rings. The van der Waals surface area contributed by atoms with Crippen molar-refractivity contribution in [1.29, 1.82) is 0 Å². The maximum Gasteiger partial charge on any atom is 0.284 e. The molecule has 1 atom stereocenters. The van der Waals surface area contributed by atoms with E-state index < -0.39 is 23.4 Å². The third-order valence-electron chi connectivity index (χ3n) is 3.91. The number of aliphatic hydroxyl groups excluding tert-OH is 1. The van der Waals surface area contributed by atoms with Crippen molar-refractivity contribution in [1.82, 2.24) is 15.1 Å². The highest BCUT2D eigenvalue weighted by atomic mass is 35.5. The molecule has 0 spiro atoms. The third-order valence-corrected chi connectivity index (χ3v) is 4.16. The highest BCUT2D eigenvalue weighted by Gasteiger charge is 2.18. The van der Waals surface area contributed by atoms with Gasteiger partial charge in [0.2, 0.25) is 0 Å². The molecule has 3 aromatic rings. The molecular formula is C20H17ClFN3O3. The number of aliphatic hydroxyl groups is 1. The minimum Gasteiger partial charge on any atom is -0.392 e. The molecule has 2 N–H and O–H groups in total. The van der Waals surface area contributed by atoms with Crippen LogP contribution in [0.4, 0.5) is 4.39 Å². The molecule has 1 amide bonds. The number of rotatable bonds is 5. The number of carbonyl (C=O) groups excluding carboxylic acids is 1. The van der Waals surface area contributed by atoms with E-state index in [1.165, 1.54) is 31.2 Å². The lowest BCUT2D eigenvalue weighted by molar-refractivity contribution is 0.0922. The van der Waals surface area contributed by atoms with Gasteiger partial charge in [-0.15, -0.1) is 0 Å². The minimum atomic E-state index is -0.771. The average molecular weight is 402 g/mol. The second-order valence-electron chi connectivity index (χ2n) is 6.21. The third kappa shape index (κ3) is 4.44. The quantitative estimate of drug-likeness (QED) is 0.688. The molecular weight excluding hydrogens is 385 g/mol. The van der Waals surface area contributed by atoms with Crippen LogP contribution in [-0.2, 0) is 0 Å². The lowest BCUT2D eigenvalue weighted by atomic mass is 10.1. The highest BCUT2D eigenvalue weighted by Crippen LogP contribution is 2.20. The van der Waals surface area contributed by atoms with E-state index >= 15 is 0 Å². The summed E-state index contributed by atoms with van der Waals surface area (Å²) < 4.78 is 14.6. The van der Waals surface area contributed by atoms with Gasteiger partial charge in [-0.3, -0.25) is 9.59 Å². The number of aromatic nitrogens is 2. The number of carbonyl (C=O) groups is 1. The Balaban J connectivity index is 2.17. The van der Waals surface area contributed by atoms with Crippen molar-refractivity contribution in [3.63, 3.8) is 0 Å². The SMILES string of the molecule is C[C@H](O)CNC(=O)c1cc(-c2ccc(Cl)cc2)nn(-c2cccc(F)c2)c1=O. The van der Waals surface area contributed by atoms with E-state index in [0.717, 1.165) is 10.7 Å². The monoisotopic (exact) mass is 401 g/mol. The summed E-state index contributed by atoms with van der Waals surface area (Å²) in [6.45, 7) is 1.49. The Morgan fingerprint density at radius 2 is 1.96 bits per heavy atom. The van der Waals surface area contributed by atoms with Crippen molar-refractivity contribution in [2.24, 2.45) is 0 Å². The molecule has 0 aliphatic carbocycles. The van der Waals surface area contributed by atoms with Gasteiger partial charge in [-0.05, 0) is 43.3 Å². The second-order valence-corrected chi connectivity index (χ2v) is 6.64. The van der Waals surface area contributed by atoms with Crippen LogP contribution in [0.5, 0.6) is 0 Å². The van der Waals surface area contributed by atoms with E-state index in [9.17, 15) is 19.1 Å². The minimum absolute atomic E-state index is 0.0170. The van der Waals surface area contributed by atoms with E-state index in [0.29, 0.717) is 16.3 Å². The van der Waals surface area contributed by atoms with Crippen LogP contribution in [0, 0.1) is 5.82 Å². The van der Waals surface area contributed by atoms with Gasteiger partial charge in [-0.1, -0.05) is 29.8 Å². The second kappa shape index (κ2) is 8.33. The maximum absolute atomic E-state index is 13.7. The van der Waals surface area contributed by atoms with Gasteiger partial charge in [-0.2, -0.15) is 9.78 Å². The van der Waals surface area contributed by atoms with Crippen molar-refractivity contribution in [2.45, 2.75) is 13.0 Å². The Kier molecular flexibility index (Phi) is 5.87. The number of amides is 1. The summed E-state index contributed by atoms with van der Waals surface area (Å²) in [6, 6.07) is 13.4. The van der Waals surface area contributed by atoms with Gasteiger partial charge >= 0.3 is 0 Å². The maximum atomic E-state index is 13.7. The Bertz CT molecular complexity index is 1070. The fourth-order valence-corrected chi connectivity index (χ4v) is 2.66. The number of nitrogens with zero attached hydrogens (tertiary/aromatic N) is 2. The van der Waals surface area contributed by atoms with Gasteiger partial charge < -0.3 is 10.4 Å². The van der Waals surface area contributed by atoms with E-state index in [4.69, 9.17) is 11.6 Å². The van der Waals surface area contributed by atoms with Gasteiger partial charge in [0, 0.05) is 17.1 Å². The average Bonchev–Trinajstić information content (AvgIpc) is 2.67. The Labute approximate surface area is 165 Å². The van der Waals surface area contributed by atoms with Crippen LogP contribution in [0.1, 0.15) is 17.3 Å². The number of halogens is 2. The molecule has 6 nitrogen and oxygen atoms in total. The fraction of sp³-hybridized carbons (Fsp3) is 0.150. The first-order valence-corrected chi connectivity index (χ1v) is 8.85. The van der Waals surface area contributed by atoms with Crippen molar-refractivity contribution in [3.05, 3.63) is 81.4 Å². The molecule has 3 rings (SSSR count). The Morgan fingerprint density at radius 3 is 2.61 bits per heavy atom. The Hall–Kier alpha value is -3.03. The predicted octanol–water partition coefficient (Wildman–Crippen LogP) is 2.80. The summed E-state index contributed by atoms with van der Waals surface area (Å²) in [4.78, 5) is 25.3. The lowest BCUT2D eigenvalue weighted by Crippen LogP contribution is -2.36. The van der Waals surface area contributed by atoms with Crippen LogP contribution in [0.2, 0.25) is 5.02 Å². The molecule has 8 heteroatoms. The highest BCUT2D eigenvalue weighted by molar-refractivity contribution is 6.30. The van der Waals surface area contributed by atoms with E-state index in [1.807, 2.05) is 0 Å². The van der Waals surface area contributed by atoms with E-state index in [1.54, 1.807) is 24.3 Å². The summed E-state index contributed by atoms with van der Waals surface area (Å²) in [5.41, 5.74) is 0.267. The molecule has 1 heterocycles. The molecule has 0 saturated heterocycles. The molecule has 2 aromatic carbocycles. The molecule has 0 saturated carbocycles. The smallest absolute Gasteiger partial charge is 0.284 e. The van der Waals surface area contributed by atoms with Gasteiger partial charge in [0.05, 0.1) is 17.5 Å². The predicted molar refractivity (Wildman–Crippen MR) is 104 cm³/mol. The summed E-state index contributed by atoms with van der Waals surface area (Å²) in [7, 11) is 0. The van der Waals surface area contributed by atoms with Crippen molar-refractivity contribution < 1.29 is 14.3 Å². The van der Waals surface area contributed by atoms with Crippen molar-refractivity contribution in [3.8, 4) is 16.9 Å². The Morgan fingerprint density at radius 1 is 1.25 bits per heavy atom. The summed E-state index contributed by atoms with van der Waals surface area (Å²) in [6.07, 6.45) is -0.771. The zero-order chi connectivity index (χ0) is 20.3. The normalized spacial score (nSPS) is 11.9. The van der Waals surface area contributed by atoms with Crippen LogP contribution in [-0.4, -0.2) is 33.4 Å². The molecule has 0 radical (unpaired) electrons. The molecule has 1 aromatic heterocycles. The van der Waals surface area contributed by atoms with Crippen LogP contribution < -0.4 is 10.9 Å². The standard InChI is InChI=1S/C20H17ClFN3O3/c1-12(26)11-23-19(27)17-10-18(13-5-7-14(21)8-6-13)24-25(20(17)28)16-4-2-3-15(22)9-16/h2-10,12,26H,11H2,1H3,(H,23,27)/t12-/m0/s1. The van der Waals surface area contributed by atoms with E-state index in [-0.39, 0.29) is 17.8 Å². The molecule has 144 valence electrons. The first kappa shape index (κ1) is 19.7. The fourth-order valence-electron chi connectivity index (χ4n) is 2.54. The first-order valence-electron chi connectivity index (χ1n) is 8.47. The summed E-state index contributed by atoms with van der Waals surface area (Å²) in [5.74, 6) is -1.20. The van der Waals surface area contributed by atoms with Crippen LogP contribution in [0.25, 0.3) is 16.9 Å². The first-order chi connectivity index (χ1) is 13.3. The number of hydrogen-bond donors (Lipinski definition) is 2. The van der Waals surface area contributed by atoms with Crippen LogP contribution in [0.3, 0.4) is 0 Å². The lowest BCUT2D eigenvalue weighted by Gasteiger charge is -2.12. The molecule has 0 bridgehead atoms. The van der Waals surface area contributed by atoms with Crippen LogP contribution in [0.15, 0.2) is 59.4 Å². The number of nitrogens with one attached hydrogen (secondary N) is 1. The zero-order valence-corrected chi connectivity index (χ0v) is 15.7. The van der Waals surface area contributed by atoms with Gasteiger partial charge in [-0.25, -0.2) is 4.39 Å². The molecule has 0 fully saturated rings. The summed E-state index contributed by atoms with van der Waals surface area (Å²) >= 11 is 5.92. The zero-order valence-electron chi connectivity index (χ0n) is 14.9. The number of hydrogen-bond acceptors (Lipinski definition) is 4. The number of benzene rings is 2.